The molecule has 20 heavy (non-hydrogen) atoms. The van der Waals surface area contributed by atoms with Crippen molar-refractivity contribution in [1.29, 1.82) is 0 Å². The van der Waals surface area contributed by atoms with E-state index in [9.17, 15) is 20.0 Å². The lowest BCUT2D eigenvalue weighted by Gasteiger charge is -2.34. The first-order chi connectivity index (χ1) is 9.43. The molecule has 6 nitrogen and oxygen atoms in total. The Labute approximate surface area is 117 Å². The number of carbonyl (C=O) groups is 1. The Morgan fingerprint density at radius 1 is 1.30 bits per heavy atom. The molecule has 2 rings (SSSR count). The Balaban J connectivity index is 2.31. The van der Waals surface area contributed by atoms with Crippen molar-refractivity contribution in [3.8, 4) is 0 Å². The van der Waals surface area contributed by atoms with Crippen molar-refractivity contribution in [3.05, 3.63) is 33.9 Å². The van der Waals surface area contributed by atoms with Crippen molar-refractivity contribution < 1.29 is 14.8 Å². The van der Waals surface area contributed by atoms with Crippen LogP contribution in [0.15, 0.2) is 18.2 Å². The number of anilines is 1. The number of aryl methyl sites for hydroxylation is 1. The smallest absolute Gasteiger partial charge is 0.329 e. The first-order valence-corrected chi connectivity index (χ1v) is 6.71. The topological polar surface area (TPSA) is 92.5 Å². The van der Waals surface area contributed by atoms with E-state index in [-0.39, 0.29) is 5.69 Å². The minimum atomic E-state index is -1.00. The van der Waals surface area contributed by atoms with Crippen LogP contribution in [0.4, 0.5) is 11.4 Å². The summed E-state index contributed by atoms with van der Waals surface area (Å²) in [7, 11) is 0. The van der Waals surface area contributed by atoms with Crippen LogP contribution in [-0.2, 0) is 4.79 Å². The third-order valence-electron chi connectivity index (χ3n) is 3.77. The second-order valence-electron chi connectivity index (χ2n) is 5.39. The molecule has 0 unspecified atom stereocenters. The van der Waals surface area contributed by atoms with Crippen molar-refractivity contribution in [3.63, 3.8) is 0 Å². The number of hydrogen-bond donors (Lipinski definition) is 2. The van der Waals surface area contributed by atoms with E-state index in [0.29, 0.717) is 18.5 Å². The number of benzene rings is 1. The number of rotatable bonds is 4. The average Bonchev–Trinajstić information content (AvgIpc) is 2.38. The fourth-order valence-corrected chi connectivity index (χ4v) is 2.76. The molecule has 0 atom stereocenters. The summed E-state index contributed by atoms with van der Waals surface area (Å²) in [6.45, 7) is 1.76. The molecule has 1 fully saturated rings. The fourth-order valence-electron chi connectivity index (χ4n) is 2.76. The van der Waals surface area contributed by atoms with Crippen LogP contribution < -0.4 is 5.32 Å². The average molecular weight is 278 g/mol. The number of nitro benzene ring substituents is 1. The molecule has 2 N–H and O–H groups in total. The Morgan fingerprint density at radius 3 is 2.50 bits per heavy atom. The third kappa shape index (κ3) is 2.89. The largest absolute Gasteiger partial charge is 0.480 e. The van der Waals surface area contributed by atoms with E-state index in [4.69, 9.17) is 0 Å². The highest BCUT2D eigenvalue weighted by molar-refractivity contribution is 5.83. The van der Waals surface area contributed by atoms with Crippen LogP contribution in [0.5, 0.6) is 0 Å². The molecule has 0 aliphatic heterocycles. The van der Waals surface area contributed by atoms with Gasteiger partial charge in [0, 0.05) is 17.8 Å². The number of nitrogens with one attached hydrogen (secondary N) is 1. The SMILES string of the molecule is Cc1cc(NC2(C(=O)O)CCCCC2)cc([N+](=O)[O-])c1. The number of carboxylic acid groups (broad SMARTS) is 1. The monoisotopic (exact) mass is 278 g/mol. The van der Waals surface area contributed by atoms with E-state index in [1.807, 2.05) is 0 Å². The molecule has 0 radical (unpaired) electrons. The molecular weight excluding hydrogens is 260 g/mol. The van der Waals surface area contributed by atoms with Crippen LogP contribution in [0.1, 0.15) is 37.7 Å². The van der Waals surface area contributed by atoms with Gasteiger partial charge < -0.3 is 10.4 Å². The van der Waals surface area contributed by atoms with Crippen molar-refractivity contribution in [2.45, 2.75) is 44.6 Å². The minimum absolute atomic E-state index is 0.0242. The Bertz CT molecular complexity index is 536. The lowest BCUT2D eigenvalue weighted by atomic mass is 9.81. The summed E-state index contributed by atoms with van der Waals surface area (Å²) in [6.07, 6.45) is 3.83. The number of carboxylic acids is 1. The summed E-state index contributed by atoms with van der Waals surface area (Å²) >= 11 is 0. The van der Waals surface area contributed by atoms with E-state index < -0.39 is 16.4 Å². The maximum absolute atomic E-state index is 11.6. The normalized spacial score (nSPS) is 17.4. The zero-order valence-electron chi connectivity index (χ0n) is 11.4. The summed E-state index contributed by atoms with van der Waals surface area (Å²) < 4.78 is 0. The fraction of sp³-hybridized carbons (Fsp3) is 0.500. The molecule has 1 aromatic rings. The van der Waals surface area contributed by atoms with Crippen LogP contribution in [-0.4, -0.2) is 21.5 Å². The van der Waals surface area contributed by atoms with Gasteiger partial charge >= 0.3 is 5.97 Å². The summed E-state index contributed by atoms with van der Waals surface area (Å²) in [5, 5.41) is 23.4. The van der Waals surface area contributed by atoms with Crippen LogP contribution in [0.25, 0.3) is 0 Å². The molecule has 0 saturated heterocycles. The van der Waals surface area contributed by atoms with Gasteiger partial charge in [-0.3, -0.25) is 10.1 Å². The number of hydrogen-bond acceptors (Lipinski definition) is 4. The highest BCUT2D eigenvalue weighted by Gasteiger charge is 2.39. The maximum atomic E-state index is 11.6. The lowest BCUT2D eigenvalue weighted by Crippen LogP contribution is -2.47. The lowest BCUT2D eigenvalue weighted by molar-refractivity contribution is -0.384. The van der Waals surface area contributed by atoms with Gasteiger partial charge in [-0.25, -0.2) is 4.79 Å². The van der Waals surface area contributed by atoms with Gasteiger partial charge in [0.05, 0.1) is 4.92 Å². The number of aliphatic carboxylic acids is 1. The maximum Gasteiger partial charge on any atom is 0.329 e. The number of nitro groups is 1. The summed E-state index contributed by atoms with van der Waals surface area (Å²) in [5.74, 6) is -0.888. The van der Waals surface area contributed by atoms with Gasteiger partial charge in [-0.05, 0) is 31.4 Å². The Hall–Kier alpha value is -2.11. The van der Waals surface area contributed by atoms with Crippen LogP contribution in [0.2, 0.25) is 0 Å². The Kier molecular flexibility index (Phi) is 3.92. The van der Waals surface area contributed by atoms with Gasteiger partial charge in [-0.1, -0.05) is 19.3 Å². The second kappa shape index (κ2) is 5.48. The van der Waals surface area contributed by atoms with Crippen molar-refractivity contribution in [2.24, 2.45) is 0 Å². The molecular formula is C14H18N2O4. The first-order valence-electron chi connectivity index (χ1n) is 6.71. The van der Waals surface area contributed by atoms with E-state index in [1.54, 1.807) is 13.0 Å². The molecule has 0 aromatic heterocycles. The van der Waals surface area contributed by atoms with E-state index >= 15 is 0 Å². The number of non-ortho nitro benzene ring substituents is 1. The zero-order valence-corrected chi connectivity index (χ0v) is 11.4. The summed E-state index contributed by atoms with van der Waals surface area (Å²) in [5.41, 5.74) is 0.211. The molecule has 108 valence electrons. The van der Waals surface area contributed by atoms with Gasteiger partial charge in [-0.2, -0.15) is 0 Å². The van der Waals surface area contributed by atoms with Crippen molar-refractivity contribution in [1.82, 2.24) is 0 Å². The van der Waals surface area contributed by atoms with Crippen LogP contribution in [0, 0.1) is 17.0 Å². The molecule has 1 saturated carbocycles. The van der Waals surface area contributed by atoms with E-state index in [1.165, 1.54) is 12.1 Å². The van der Waals surface area contributed by atoms with Gasteiger partial charge in [0.15, 0.2) is 0 Å². The second-order valence-corrected chi connectivity index (χ2v) is 5.39. The molecule has 1 aromatic carbocycles. The molecule has 0 heterocycles. The van der Waals surface area contributed by atoms with Crippen LogP contribution >= 0.6 is 0 Å². The predicted molar refractivity (Wildman–Crippen MR) is 74.9 cm³/mol. The van der Waals surface area contributed by atoms with E-state index in [2.05, 4.69) is 5.32 Å². The molecule has 0 bridgehead atoms. The highest BCUT2D eigenvalue weighted by atomic mass is 16.6. The van der Waals surface area contributed by atoms with Gasteiger partial charge in [0.25, 0.3) is 5.69 Å². The Morgan fingerprint density at radius 2 is 1.95 bits per heavy atom. The third-order valence-corrected chi connectivity index (χ3v) is 3.77. The van der Waals surface area contributed by atoms with Gasteiger partial charge in [-0.15, -0.1) is 0 Å². The van der Waals surface area contributed by atoms with Gasteiger partial charge in [0.2, 0.25) is 0 Å². The molecule has 6 heteroatoms. The molecule has 1 aliphatic carbocycles. The standard InChI is InChI=1S/C14H18N2O4/c1-10-7-11(9-12(8-10)16(19)20)15-14(13(17)18)5-3-2-4-6-14/h7-9,15H,2-6H2,1H3,(H,17,18). The number of nitrogens with zero attached hydrogens (tertiary/aromatic N) is 1. The zero-order chi connectivity index (χ0) is 14.8. The van der Waals surface area contributed by atoms with E-state index in [0.717, 1.165) is 24.8 Å². The highest BCUT2D eigenvalue weighted by Crippen LogP contribution is 2.33. The molecule has 0 spiro atoms. The van der Waals surface area contributed by atoms with Crippen molar-refractivity contribution in [2.75, 3.05) is 5.32 Å². The van der Waals surface area contributed by atoms with Crippen LogP contribution in [0.3, 0.4) is 0 Å². The summed E-state index contributed by atoms with van der Waals surface area (Å²) in [4.78, 5) is 22.0. The quantitative estimate of drug-likeness (QED) is 0.652. The molecule has 1 aliphatic rings. The summed E-state index contributed by atoms with van der Waals surface area (Å²) in [6, 6.07) is 4.61. The minimum Gasteiger partial charge on any atom is -0.480 e. The predicted octanol–water partition coefficient (Wildman–Crippen LogP) is 3.10. The van der Waals surface area contributed by atoms with Crippen molar-refractivity contribution >= 4 is 17.3 Å². The first kappa shape index (κ1) is 14.3. The molecule has 0 amide bonds. The van der Waals surface area contributed by atoms with Gasteiger partial charge in [0.1, 0.15) is 5.54 Å².